The summed E-state index contributed by atoms with van der Waals surface area (Å²) in [7, 11) is 0. The van der Waals surface area contributed by atoms with E-state index >= 15 is 0 Å². The van der Waals surface area contributed by atoms with Crippen LogP contribution in [0.4, 0.5) is 5.00 Å². The normalized spacial score (nSPS) is 16.4. The van der Waals surface area contributed by atoms with Crippen molar-refractivity contribution in [3.8, 4) is 0 Å². The van der Waals surface area contributed by atoms with Crippen molar-refractivity contribution in [1.29, 1.82) is 0 Å². The summed E-state index contributed by atoms with van der Waals surface area (Å²) in [6.07, 6.45) is 2.01. The summed E-state index contributed by atoms with van der Waals surface area (Å²) >= 11 is 1.40. The number of fused-ring (bicyclic) bond motifs is 1. The van der Waals surface area contributed by atoms with E-state index < -0.39 is 11.8 Å². The Morgan fingerprint density at radius 2 is 2.04 bits per heavy atom. The van der Waals surface area contributed by atoms with Gasteiger partial charge in [0.25, 0.3) is 11.8 Å². The topological polar surface area (TPSA) is 93.9 Å². The summed E-state index contributed by atoms with van der Waals surface area (Å²) < 4.78 is 10.4. The lowest BCUT2D eigenvalue weighted by atomic mass is 10.0. The molecule has 1 aromatic heterocycles. The summed E-state index contributed by atoms with van der Waals surface area (Å²) in [5.74, 6) is -0.875. The monoisotopic (exact) mass is 399 g/mol. The predicted octanol–water partition coefficient (Wildman–Crippen LogP) is 2.23. The van der Waals surface area contributed by atoms with E-state index in [4.69, 9.17) is 15.2 Å². The van der Waals surface area contributed by atoms with Crippen LogP contribution in [-0.4, -0.2) is 36.5 Å². The van der Waals surface area contributed by atoms with Crippen molar-refractivity contribution in [2.45, 2.75) is 19.5 Å². The van der Waals surface area contributed by atoms with Crippen molar-refractivity contribution < 1.29 is 19.1 Å². The number of nitrogens with zero attached hydrogens (tertiary/aromatic N) is 1. The standard InChI is InChI=1S/C20H21N3O4S/c21-18(24)17-14-6-7-23(10-13-4-2-1-3-5-13)11-16(14)28-20(17)22-19(25)15-12-26-8-9-27-15/h1-5,12H,6-11H2,(H2,21,24)(H,22,25). The molecule has 0 saturated heterocycles. The summed E-state index contributed by atoms with van der Waals surface area (Å²) in [5.41, 5.74) is 8.22. The van der Waals surface area contributed by atoms with Gasteiger partial charge in [-0.05, 0) is 17.5 Å². The number of amides is 2. The summed E-state index contributed by atoms with van der Waals surface area (Å²) in [6, 6.07) is 10.3. The molecule has 2 aliphatic heterocycles. The first-order valence-electron chi connectivity index (χ1n) is 9.08. The molecular formula is C20H21N3O4S. The van der Waals surface area contributed by atoms with Crippen LogP contribution in [0.2, 0.25) is 0 Å². The van der Waals surface area contributed by atoms with Crippen molar-refractivity contribution in [3.63, 3.8) is 0 Å². The van der Waals surface area contributed by atoms with Gasteiger partial charge in [-0.25, -0.2) is 0 Å². The number of thiophene rings is 1. The summed E-state index contributed by atoms with van der Waals surface area (Å²) in [4.78, 5) is 27.9. The second-order valence-electron chi connectivity index (χ2n) is 6.67. The minimum Gasteiger partial charge on any atom is -0.494 e. The summed E-state index contributed by atoms with van der Waals surface area (Å²) in [5, 5.41) is 3.24. The highest BCUT2D eigenvalue weighted by Gasteiger charge is 2.28. The molecule has 0 radical (unpaired) electrons. The van der Waals surface area contributed by atoms with E-state index in [2.05, 4.69) is 22.3 Å². The molecule has 0 bridgehead atoms. The van der Waals surface area contributed by atoms with E-state index in [-0.39, 0.29) is 5.76 Å². The Kier molecular flexibility index (Phi) is 5.31. The number of benzene rings is 1. The zero-order valence-electron chi connectivity index (χ0n) is 15.3. The predicted molar refractivity (Wildman–Crippen MR) is 106 cm³/mol. The van der Waals surface area contributed by atoms with Gasteiger partial charge in [-0.3, -0.25) is 14.5 Å². The molecule has 0 fully saturated rings. The Bertz CT molecular complexity index is 923. The molecule has 4 rings (SSSR count). The van der Waals surface area contributed by atoms with Crippen LogP contribution >= 0.6 is 11.3 Å². The van der Waals surface area contributed by atoms with E-state index in [1.165, 1.54) is 23.2 Å². The average Bonchev–Trinajstić information content (AvgIpc) is 3.06. The number of rotatable bonds is 5. The third-order valence-corrected chi connectivity index (χ3v) is 5.86. The largest absolute Gasteiger partial charge is 0.494 e. The molecule has 146 valence electrons. The first-order chi connectivity index (χ1) is 13.6. The Morgan fingerprint density at radius 3 is 2.75 bits per heavy atom. The third-order valence-electron chi connectivity index (χ3n) is 4.73. The van der Waals surface area contributed by atoms with Gasteiger partial charge in [-0.2, -0.15) is 0 Å². The lowest BCUT2D eigenvalue weighted by Gasteiger charge is -2.27. The molecular weight excluding hydrogens is 378 g/mol. The zero-order valence-corrected chi connectivity index (χ0v) is 16.1. The van der Waals surface area contributed by atoms with Crippen molar-refractivity contribution >= 4 is 28.2 Å². The fourth-order valence-corrected chi connectivity index (χ4v) is 4.72. The van der Waals surface area contributed by atoms with Crippen LogP contribution in [0.25, 0.3) is 0 Å². The molecule has 2 aromatic rings. The van der Waals surface area contributed by atoms with Crippen LogP contribution in [0.5, 0.6) is 0 Å². The SMILES string of the molecule is NC(=O)c1c(NC(=O)C2=COCCO2)sc2c1CCN(Cc1ccccc1)C2. The molecule has 2 amide bonds. The first-order valence-corrected chi connectivity index (χ1v) is 9.90. The second-order valence-corrected chi connectivity index (χ2v) is 7.78. The van der Waals surface area contributed by atoms with Gasteiger partial charge in [0, 0.05) is 24.5 Å². The van der Waals surface area contributed by atoms with Gasteiger partial charge in [0.2, 0.25) is 5.76 Å². The van der Waals surface area contributed by atoms with Gasteiger partial charge >= 0.3 is 0 Å². The maximum Gasteiger partial charge on any atom is 0.294 e. The average molecular weight is 399 g/mol. The molecule has 8 heteroatoms. The van der Waals surface area contributed by atoms with E-state index in [1.54, 1.807) is 0 Å². The number of nitrogens with two attached hydrogens (primary N) is 1. The number of carbonyl (C=O) groups is 2. The van der Waals surface area contributed by atoms with Gasteiger partial charge in [0.1, 0.15) is 24.5 Å². The van der Waals surface area contributed by atoms with Crippen LogP contribution < -0.4 is 11.1 Å². The molecule has 7 nitrogen and oxygen atoms in total. The lowest BCUT2D eigenvalue weighted by Crippen LogP contribution is -2.30. The number of carbonyl (C=O) groups excluding carboxylic acids is 2. The number of primary amides is 1. The second kappa shape index (κ2) is 8.04. The van der Waals surface area contributed by atoms with Gasteiger partial charge in [0.05, 0.1) is 5.56 Å². The molecule has 0 unspecified atom stereocenters. The first kappa shape index (κ1) is 18.5. The highest BCUT2D eigenvalue weighted by Crippen LogP contribution is 2.37. The van der Waals surface area contributed by atoms with E-state index in [0.717, 1.165) is 30.0 Å². The fourth-order valence-electron chi connectivity index (χ4n) is 3.43. The maximum atomic E-state index is 12.4. The van der Waals surface area contributed by atoms with Crippen molar-refractivity contribution in [1.82, 2.24) is 4.90 Å². The van der Waals surface area contributed by atoms with Crippen LogP contribution in [0.15, 0.2) is 42.4 Å². The van der Waals surface area contributed by atoms with E-state index in [9.17, 15) is 9.59 Å². The highest BCUT2D eigenvalue weighted by molar-refractivity contribution is 7.17. The summed E-state index contributed by atoms with van der Waals surface area (Å²) in [6.45, 7) is 3.11. The number of anilines is 1. The highest BCUT2D eigenvalue weighted by atomic mass is 32.1. The molecule has 1 aromatic carbocycles. The van der Waals surface area contributed by atoms with Crippen LogP contribution in [0, 0.1) is 0 Å². The van der Waals surface area contributed by atoms with Crippen molar-refractivity contribution in [2.24, 2.45) is 5.73 Å². The third kappa shape index (κ3) is 3.88. The van der Waals surface area contributed by atoms with Crippen LogP contribution in [0.1, 0.15) is 26.4 Å². The fraction of sp³-hybridized carbons (Fsp3) is 0.300. The lowest BCUT2D eigenvalue weighted by molar-refractivity contribution is -0.117. The number of ether oxygens (including phenoxy) is 2. The molecule has 3 N–H and O–H groups in total. The molecule has 0 atom stereocenters. The smallest absolute Gasteiger partial charge is 0.294 e. The number of nitrogens with one attached hydrogen (secondary N) is 1. The Hall–Kier alpha value is -2.84. The Labute approximate surface area is 166 Å². The minimum absolute atomic E-state index is 0.0961. The van der Waals surface area contributed by atoms with Crippen LogP contribution in [0.3, 0.4) is 0 Å². The molecule has 0 aliphatic carbocycles. The number of hydrogen-bond donors (Lipinski definition) is 2. The van der Waals surface area contributed by atoms with E-state index in [0.29, 0.717) is 30.3 Å². The van der Waals surface area contributed by atoms with Gasteiger partial charge in [-0.15, -0.1) is 11.3 Å². The van der Waals surface area contributed by atoms with Gasteiger partial charge in [0.15, 0.2) is 0 Å². The van der Waals surface area contributed by atoms with E-state index in [1.807, 2.05) is 18.2 Å². The quantitative estimate of drug-likeness (QED) is 0.804. The van der Waals surface area contributed by atoms with Crippen molar-refractivity contribution in [2.75, 3.05) is 25.1 Å². The van der Waals surface area contributed by atoms with Gasteiger partial charge < -0.3 is 20.5 Å². The molecule has 28 heavy (non-hydrogen) atoms. The van der Waals surface area contributed by atoms with Crippen molar-refractivity contribution in [3.05, 3.63) is 63.9 Å². The minimum atomic E-state index is -0.529. The zero-order chi connectivity index (χ0) is 19.5. The molecule has 0 saturated carbocycles. The van der Waals surface area contributed by atoms with Gasteiger partial charge in [-0.1, -0.05) is 30.3 Å². The maximum absolute atomic E-state index is 12.4. The Morgan fingerprint density at radius 1 is 1.21 bits per heavy atom. The van der Waals surface area contributed by atoms with Crippen LogP contribution in [-0.2, 0) is 33.8 Å². The molecule has 2 aliphatic rings. The number of hydrogen-bond acceptors (Lipinski definition) is 6. The molecule has 3 heterocycles. The Balaban J connectivity index is 1.54. The molecule has 0 spiro atoms.